The molecule has 2 rings (SSSR count). The lowest BCUT2D eigenvalue weighted by molar-refractivity contribution is 0.120. The zero-order valence-electron chi connectivity index (χ0n) is 10.2. The van der Waals surface area contributed by atoms with Gasteiger partial charge in [0, 0.05) is 5.92 Å². The molecule has 0 amide bonds. The molecule has 1 N–H and O–H groups in total. The molecule has 0 saturated carbocycles. The molecule has 0 radical (unpaired) electrons. The zero-order valence-corrected chi connectivity index (χ0v) is 10.2. The van der Waals surface area contributed by atoms with Gasteiger partial charge in [-0.2, -0.15) is 0 Å². The summed E-state index contributed by atoms with van der Waals surface area (Å²) >= 11 is 0. The number of fused-ring (bicyclic) bond motifs is 1. The third-order valence-electron chi connectivity index (χ3n) is 3.71. The molecule has 1 aromatic carbocycles. The highest BCUT2D eigenvalue weighted by molar-refractivity contribution is 5.40. The Kier molecular flexibility index (Phi) is 4.00. The minimum absolute atomic E-state index is 0.119. The predicted octanol–water partition coefficient (Wildman–Crippen LogP) is 3.66. The van der Waals surface area contributed by atoms with Crippen molar-refractivity contribution in [2.75, 3.05) is 0 Å². The number of benzene rings is 1. The summed E-state index contributed by atoms with van der Waals surface area (Å²) in [5.41, 5.74) is 2.81. The van der Waals surface area contributed by atoms with Gasteiger partial charge < -0.3 is 5.11 Å². The molecule has 2 unspecified atom stereocenters. The van der Waals surface area contributed by atoms with Gasteiger partial charge in [0.05, 0.1) is 6.10 Å². The average Bonchev–Trinajstić information content (AvgIpc) is 2.26. The van der Waals surface area contributed by atoms with Crippen LogP contribution in [0.2, 0.25) is 0 Å². The number of aliphatic hydroxyl groups excluding tert-OH is 1. The van der Waals surface area contributed by atoms with Crippen molar-refractivity contribution in [3.63, 3.8) is 0 Å². The van der Waals surface area contributed by atoms with Crippen molar-refractivity contribution in [1.82, 2.24) is 0 Å². The Morgan fingerprint density at radius 1 is 1.25 bits per heavy atom. The largest absolute Gasteiger partial charge is 0.392 e. The van der Waals surface area contributed by atoms with E-state index in [4.69, 9.17) is 0 Å². The Bertz CT molecular complexity index is 332. The summed E-state index contributed by atoms with van der Waals surface area (Å²) in [6.07, 6.45) is 6.93. The van der Waals surface area contributed by atoms with Crippen LogP contribution in [0.3, 0.4) is 0 Å². The van der Waals surface area contributed by atoms with Gasteiger partial charge in [-0.3, -0.25) is 0 Å². The zero-order chi connectivity index (χ0) is 11.4. The molecule has 0 aromatic heterocycles. The number of rotatable bonds is 6. The predicted molar refractivity (Wildman–Crippen MR) is 67.7 cm³/mol. The van der Waals surface area contributed by atoms with Crippen LogP contribution in [0.5, 0.6) is 0 Å². The van der Waals surface area contributed by atoms with Gasteiger partial charge in [0.25, 0.3) is 0 Å². The third-order valence-corrected chi connectivity index (χ3v) is 3.71. The van der Waals surface area contributed by atoms with Crippen LogP contribution in [0.15, 0.2) is 24.3 Å². The Morgan fingerprint density at radius 3 is 2.81 bits per heavy atom. The van der Waals surface area contributed by atoms with Crippen LogP contribution >= 0.6 is 0 Å². The monoisotopic (exact) mass is 218 g/mol. The van der Waals surface area contributed by atoms with E-state index in [0.29, 0.717) is 5.92 Å². The Hall–Kier alpha value is -0.820. The van der Waals surface area contributed by atoms with Gasteiger partial charge in [-0.15, -0.1) is 0 Å². The second-order valence-corrected chi connectivity index (χ2v) is 4.93. The van der Waals surface area contributed by atoms with Crippen molar-refractivity contribution < 1.29 is 5.11 Å². The minimum atomic E-state index is -0.119. The summed E-state index contributed by atoms with van der Waals surface area (Å²) < 4.78 is 0. The van der Waals surface area contributed by atoms with Crippen LogP contribution in [0, 0.1) is 0 Å². The van der Waals surface area contributed by atoms with Crippen LogP contribution < -0.4 is 0 Å². The standard InChI is InChI=1S/C15H22O/c1-2-3-4-5-10-15(16)14-11-12-8-6-7-9-13(12)14/h6-9,14-16H,2-5,10-11H2,1H3. The van der Waals surface area contributed by atoms with Gasteiger partial charge >= 0.3 is 0 Å². The van der Waals surface area contributed by atoms with Gasteiger partial charge in [0.1, 0.15) is 0 Å². The Morgan fingerprint density at radius 2 is 2.06 bits per heavy atom. The van der Waals surface area contributed by atoms with Crippen molar-refractivity contribution in [3.05, 3.63) is 35.4 Å². The number of unbranched alkanes of at least 4 members (excludes halogenated alkanes) is 3. The summed E-state index contributed by atoms with van der Waals surface area (Å²) in [6, 6.07) is 8.51. The van der Waals surface area contributed by atoms with Crippen LogP contribution in [0.1, 0.15) is 56.1 Å². The van der Waals surface area contributed by atoms with E-state index in [1.165, 1.54) is 36.8 Å². The first-order valence-electron chi connectivity index (χ1n) is 6.58. The van der Waals surface area contributed by atoms with Crippen molar-refractivity contribution in [2.45, 2.75) is 57.5 Å². The van der Waals surface area contributed by atoms with Crippen LogP contribution in [-0.4, -0.2) is 11.2 Å². The summed E-state index contributed by atoms with van der Waals surface area (Å²) in [5.74, 6) is 0.415. The third kappa shape index (κ3) is 2.46. The maximum atomic E-state index is 10.1. The second kappa shape index (κ2) is 5.49. The van der Waals surface area contributed by atoms with Gasteiger partial charge in [0.2, 0.25) is 0 Å². The van der Waals surface area contributed by atoms with Gasteiger partial charge in [-0.25, -0.2) is 0 Å². The van der Waals surface area contributed by atoms with E-state index >= 15 is 0 Å². The maximum Gasteiger partial charge on any atom is 0.0612 e. The van der Waals surface area contributed by atoms with Crippen molar-refractivity contribution in [2.24, 2.45) is 0 Å². The van der Waals surface area contributed by atoms with E-state index in [0.717, 1.165) is 12.8 Å². The molecule has 0 aliphatic heterocycles. The van der Waals surface area contributed by atoms with Crippen molar-refractivity contribution in [3.8, 4) is 0 Å². The van der Waals surface area contributed by atoms with E-state index in [-0.39, 0.29) is 6.10 Å². The van der Waals surface area contributed by atoms with Gasteiger partial charge in [-0.05, 0) is 24.0 Å². The fourth-order valence-corrected chi connectivity index (χ4v) is 2.62. The molecule has 88 valence electrons. The quantitative estimate of drug-likeness (QED) is 0.722. The topological polar surface area (TPSA) is 20.2 Å². The SMILES string of the molecule is CCCCCCC(O)C1Cc2ccccc21. The Balaban J connectivity index is 1.78. The lowest BCUT2D eigenvalue weighted by atomic mass is 9.73. The lowest BCUT2D eigenvalue weighted by Gasteiger charge is -2.34. The van der Waals surface area contributed by atoms with E-state index in [9.17, 15) is 5.11 Å². The summed E-state index contributed by atoms with van der Waals surface area (Å²) in [5, 5.41) is 10.1. The maximum absolute atomic E-state index is 10.1. The molecule has 16 heavy (non-hydrogen) atoms. The van der Waals surface area contributed by atoms with E-state index in [2.05, 4.69) is 31.2 Å². The fraction of sp³-hybridized carbons (Fsp3) is 0.600. The highest BCUT2D eigenvalue weighted by atomic mass is 16.3. The van der Waals surface area contributed by atoms with Crippen LogP contribution in [0.25, 0.3) is 0 Å². The molecular weight excluding hydrogens is 196 g/mol. The average molecular weight is 218 g/mol. The highest BCUT2D eigenvalue weighted by Crippen LogP contribution is 2.38. The molecule has 0 spiro atoms. The number of aliphatic hydroxyl groups is 1. The van der Waals surface area contributed by atoms with E-state index in [1.807, 2.05) is 0 Å². The molecule has 0 bridgehead atoms. The first kappa shape index (κ1) is 11.7. The van der Waals surface area contributed by atoms with Crippen LogP contribution in [-0.2, 0) is 6.42 Å². The molecule has 0 heterocycles. The van der Waals surface area contributed by atoms with Crippen molar-refractivity contribution >= 4 is 0 Å². The van der Waals surface area contributed by atoms with E-state index in [1.54, 1.807) is 0 Å². The number of hydrogen-bond acceptors (Lipinski definition) is 1. The molecule has 1 nitrogen and oxygen atoms in total. The summed E-state index contributed by atoms with van der Waals surface area (Å²) in [4.78, 5) is 0. The molecule has 0 saturated heterocycles. The second-order valence-electron chi connectivity index (χ2n) is 4.93. The Labute approximate surface area is 98.5 Å². The van der Waals surface area contributed by atoms with Gasteiger partial charge in [-0.1, -0.05) is 56.9 Å². The lowest BCUT2D eigenvalue weighted by Crippen LogP contribution is -2.28. The summed E-state index contributed by atoms with van der Waals surface area (Å²) in [6.45, 7) is 2.22. The molecular formula is C15H22O. The smallest absolute Gasteiger partial charge is 0.0612 e. The van der Waals surface area contributed by atoms with Crippen LogP contribution in [0.4, 0.5) is 0 Å². The first-order chi connectivity index (χ1) is 7.83. The highest BCUT2D eigenvalue weighted by Gasteiger charge is 2.30. The van der Waals surface area contributed by atoms with E-state index < -0.39 is 0 Å². The molecule has 1 aromatic rings. The summed E-state index contributed by atoms with van der Waals surface area (Å²) in [7, 11) is 0. The van der Waals surface area contributed by atoms with Crippen molar-refractivity contribution in [1.29, 1.82) is 0 Å². The number of hydrogen-bond donors (Lipinski definition) is 1. The normalized spacial score (nSPS) is 20.0. The molecule has 1 heteroatoms. The molecule has 1 aliphatic rings. The fourth-order valence-electron chi connectivity index (χ4n) is 2.62. The molecule has 0 fully saturated rings. The molecule has 2 atom stereocenters. The van der Waals surface area contributed by atoms with Gasteiger partial charge in [0.15, 0.2) is 0 Å². The molecule has 1 aliphatic carbocycles. The first-order valence-corrected chi connectivity index (χ1v) is 6.58. The minimum Gasteiger partial charge on any atom is -0.392 e.